The van der Waals surface area contributed by atoms with Gasteiger partial charge < -0.3 is 10.1 Å². The number of hydrogen-bond donors (Lipinski definition) is 1. The van der Waals surface area contributed by atoms with Gasteiger partial charge in [-0.2, -0.15) is 18.3 Å². The second-order valence-electron chi connectivity index (χ2n) is 6.54. The van der Waals surface area contributed by atoms with Gasteiger partial charge in [0, 0.05) is 31.9 Å². The van der Waals surface area contributed by atoms with Gasteiger partial charge in [-0.15, -0.1) is 0 Å². The number of hydrogen-bond acceptors (Lipinski definition) is 4. The second kappa shape index (κ2) is 9.36. The summed E-state index contributed by atoms with van der Waals surface area (Å²) in [6, 6.07) is 0.183. The Kier molecular flexibility index (Phi) is 7.45. The maximum atomic E-state index is 12.4. The van der Waals surface area contributed by atoms with E-state index in [0.29, 0.717) is 25.7 Å². The first-order valence-corrected chi connectivity index (χ1v) is 9.03. The lowest BCUT2D eigenvalue weighted by molar-refractivity contribution is -0.142. The summed E-state index contributed by atoms with van der Waals surface area (Å²) >= 11 is 0. The predicted octanol–water partition coefficient (Wildman–Crippen LogP) is 2.31. The molecular formula is C17H27F3N4O2. The van der Waals surface area contributed by atoms with Gasteiger partial charge in [0.2, 0.25) is 0 Å². The molecule has 9 heteroatoms. The van der Waals surface area contributed by atoms with Crippen LogP contribution >= 0.6 is 0 Å². The van der Waals surface area contributed by atoms with E-state index >= 15 is 0 Å². The molecule has 0 aliphatic carbocycles. The normalized spacial score (nSPS) is 17.5. The number of morpholine rings is 1. The molecule has 1 saturated heterocycles. The quantitative estimate of drug-likeness (QED) is 0.757. The SMILES string of the molecule is CCC(CC)[C@@H](CNC(=O)c1cnn(CC(F)(F)F)c1)N1CCOCC1. The molecular weight excluding hydrogens is 349 g/mol. The highest BCUT2D eigenvalue weighted by atomic mass is 19.4. The van der Waals surface area contributed by atoms with Crippen molar-refractivity contribution in [3.63, 3.8) is 0 Å². The molecule has 1 aliphatic rings. The van der Waals surface area contributed by atoms with Gasteiger partial charge in [0.15, 0.2) is 0 Å². The molecule has 0 aromatic carbocycles. The second-order valence-corrected chi connectivity index (χ2v) is 6.54. The maximum absolute atomic E-state index is 12.4. The van der Waals surface area contributed by atoms with Crippen molar-refractivity contribution in [3.8, 4) is 0 Å². The molecule has 1 aliphatic heterocycles. The monoisotopic (exact) mass is 376 g/mol. The zero-order chi connectivity index (χ0) is 19.2. The number of alkyl halides is 3. The molecule has 0 radical (unpaired) electrons. The molecule has 2 heterocycles. The summed E-state index contributed by atoms with van der Waals surface area (Å²) in [5.41, 5.74) is 0.138. The topological polar surface area (TPSA) is 59.4 Å². The van der Waals surface area contributed by atoms with Crippen LogP contribution in [0.1, 0.15) is 37.0 Å². The third kappa shape index (κ3) is 5.98. The van der Waals surface area contributed by atoms with Gasteiger partial charge in [-0.05, 0) is 5.92 Å². The molecule has 148 valence electrons. The van der Waals surface area contributed by atoms with E-state index in [4.69, 9.17) is 4.74 Å². The molecule has 1 atom stereocenters. The standard InChI is InChI=1S/C17H27F3N4O2/c1-3-13(4-2)15(23-5-7-26-8-6-23)10-21-16(25)14-9-22-24(11-14)12-17(18,19)20/h9,11,13,15H,3-8,10,12H2,1-2H3,(H,21,25)/t15-/m1/s1. The number of aromatic nitrogens is 2. The van der Waals surface area contributed by atoms with Crippen LogP contribution in [0.3, 0.4) is 0 Å². The van der Waals surface area contributed by atoms with E-state index in [2.05, 4.69) is 29.2 Å². The average Bonchev–Trinajstić information content (AvgIpc) is 3.05. The van der Waals surface area contributed by atoms with Gasteiger partial charge in [0.05, 0.1) is 25.0 Å². The van der Waals surface area contributed by atoms with Crippen LogP contribution in [0.5, 0.6) is 0 Å². The zero-order valence-corrected chi connectivity index (χ0v) is 15.3. The molecule has 0 saturated carbocycles. The Bertz CT molecular complexity index is 567. The lowest BCUT2D eigenvalue weighted by atomic mass is 9.92. The highest BCUT2D eigenvalue weighted by Crippen LogP contribution is 2.20. The Morgan fingerprint density at radius 2 is 1.96 bits per heavy atom. The molecule has 0 spiro atoms. The Morgan fingerprint density at radius 1 is 1.31 bits per heavy atom. The molecule has 1 aromatic heterocycles. The summed E-state index contributed by atoms with van der Waals surface area (Å²) in [5, 5.41) is 6.48. The van der Waals surface area contributed by atoms with Crippen LogP contribution in [0.2, 0.25) is 0 Å². The van der Waals surface area contributed by atoms with E-state index in [9.17, 15) is 18.0 Å². The fourth-order valence-corrected chi connectivity index (χ4v) is 3.39. The van der Waals surface area contributed by atoms with Crippen LogP contribution in [-0.2, 0) is 11.3 Å². The van der Waals surface area contributed by atoms with Gasteiger partial charge >= 0.3 is 6.18 Å². The van der Waals surface area contributed by atoms with Gasteiger partial charge in [0.1, 0.15) is 6.54 Å². The van der Waals surface area contributed by atoms with Gasteiger partial charge in [-0.3, -0.25) is 14.4 Å². The summed E-state index contributed by atoms with van der Waals surface area (Å²) < 4.78 is 43.3. The van der Waals surface area contributed by atoms with Crippen LogP contribution in [0.4, 0.5) is 13.2 Å². The van der Waals surface area contributed by atoms with Crippen LogP contribution < -0.4 is 5.32 Å². The van der Waals surface area contributed by atoms with Crippen molar-refractivity contribution in [2.24, 2.45) is 5.92 Å². The minimum Gasteiger partial charge on any atom is -0.379 e. The predicted molar refractivity (Wildman–Crippen MR) is 90.9 cm³/mol. The highest BCUT2D eigenvalue weighted by Gasteiger charge is 2.29. The fourth-order valence-electron chi connectivity index (χ4n) is 3.39. The number of halogens is 3. The lowest BCUT2D eigenvalue weighted by Gasteiger charge is -2.38. The third-order valence-electron chi connectivity index (χ3n) is 4.82. The van der Waals surface area contributed by atoms with Crippen LogP contribution in [0.15, 0.2) is 12.4 Å². The molecule has 1 aromatic rings. The molecule has 2 rings (SSSR count). The van der Waals surface area contributed by atoms with Crippen molar-refractivity contribution >= 4 is 5.91 Å². The van der Waals surface area contributed by atoms with Crippen molar-refractivity contribution < 1.29 is 22.7 Å². The first-order chi connectivity index (χ1) is 12.3. The molecule has 0 bridgehead atoms. The van der Waals surface area contributed by atoms with Gasteiger partial charge in [0.25, 0.3) is 5.91 Å². The van der Waals surface area contributed by atoms with Crippen LogP contribution in [-0.4, -0.2) is 65.7 Å². The van der Waals surface area contributed by atoms with Crippen molar-refractivity contribution in [1.29, 1.82) is 0 Å². The van der Waals surface area contributed by atoms with E-state index in [0.717, 1.165) is 36.8 Å². The summed E-state index contributed by atoms with van der Waals surface area (Å²) in [6.45, 7) is 6.50. The molecule has 1 fully saturated rings. The average molecular weight is 376 g/mol. The number of ether oxygens (including phenoxy) is 1. The van der Waals surface area contributed by atoms with E-state index in [-0.39, 0.29) is 11.6 Å². The van der Waals surface area contributed by atoms with E-state index in [1.54, 1.807) is 0 Å². The number of nitrogens with one attached hydrogen (secondary N) is 1. The van der Waals surface area contributed by atoms with E-state index in [1.807, 2.05) is 0 Å². The number of nitrogens with zero attached hydrogens (tertiary/aromatic N) is 3. The number of carbonyl (C=O) groups excluding carboxylic acids is 1. The van der Waals surface area contributed by atoms with Gasteiger partial charge in [-0.1, -0.05) is 26.7 Å². The summed E-state index contributed by atoms with van der Waals surface area (Å²) in [7, 11) is 0. The number of amides is 1. The molecule has 26 heavy (non-hydrogen) atoms. The van der Waals surface area contributed by atoms with E-state index < -0.39 is 18.6 Å². The van der Waals surface area contributed by atoms with E-state index in [1.165, 1.54) is 6.20 Å². The molecule has 0 unspecified atom stereocenters. The van der Waals surface area contributed by atoms with Gasteiger partial charge in [-0.25, -0.2) is 0 Å². The first-order valence-electron chi connectivity index (χ1n) is 9.03. The Balaban J connectivity index is 1.97. The summed E-state index contributed by atoms with van der Waals surface area (Å²) in [6.07, 6.45) is -0.0713. The van der Waals surface area contributed by atoms with Crippen LogP contribution in [0.25, 0.3) is 0 Å². The minimum absolute atomic E-state index is 0.138. The summed E-state index contributed by atoms with van der Waals surface area (Å²) in [5.74, 6) is 0.0315. The number of rotatable bonds is 8. The zero-order valence-electron chi connectivity index (χ0n) is 15.3. The Hall–Kier alpha value is -1.61. The molecule has 1 amide bonds. The first kappa shape index (κ1) is 20.7. The number of carbonyl (C=O) groups is 1. The molecule has 6 nitrogen and oxygen atoms in total. The van der Waals surface area contributed by atoms with Crippen molar-refractivity contribution in [3.05, 3.63) is 18.0 Å². The van der Waals surface area contributed by atoms with Crippen LogP contribution in [0, 0.1) is 5.92 Å². The van der Waals surface area contributed by atoms with Crippen molar-refractivity contribution in [2.45, 2.75) is 45.5 Å². The Morgan fingerprint density at radius 3 is 2.54 bits per heavy atom. The third-order valence-corrected chi connectivity index (χ3v) is 4.82. The maximum Gasteiger partial charge on any atom is 0.408 e. The van der Waals surface area contributed by atoms with Crippen molar-refractivity contribution in [2.75, 3.05) is 32.8 Å². The Labute approximate surface area is 151 Å². The minimum atomic E-state index is -4.36. The molecule has 1 N–H and O–H groups in total. The lowest BCUT2D eigenvalue weighted by Crippen LogP contribution is -2.52. The fraction of sp³-hybridized carbons (Fsp3) is 0.765. The van der Waals surface area contributed by atoms with Crippen molar-refractivity contribution in [1.82, 2.24) is 20.0 Å². The summed E-state index contributed by atoms with van der Waals surface area (Å²) in [4.78, 5) is 14.6. The smallest absolute Gasteiger partial charge is 0.379 e. The largest absolute Gasteiger partial charge is 0.408 e. The highest BCUT2D eigenvalue weighted by molar-refractivity contribution is 5.93.